The zero-order valence-electron chi connectivity index (χ0n) is 15.8. The number of ether oxygens (including phenoxy) is 2. The molecule has 0 radical (unpaired) electrons. The summed E-state index contributed by atoms with van der Waals surface area (Å²) in [6.07, 6.45) is 0. The average Bonchev–Trinajstić information content (AvgIpc) is 2.66. The van der Waals surface area contributed by atoms with E-state index in [4.69, 9.17) is 9.47 Å². The molecular weight excluding hydrogens is 368 g/mol. The first-order chi connectivity index (χ1) is 12.8. The minimum Gasteiger partial charge on any atom is -0.496 e. The van der Waals surface area contributed by atoms with Crippen molar-refractivity contribution in [3.63, 3.8) is 0 Å². The number of carbonyl (C=O) groups is 1. The molecule has 0 aliphatic carbocycles. The minimum absolute atomic E-state index is 0.0198. The van der Waals surface area contributed by atoms with Crippen LogP contribution in [0.5, 0.6) is 11.5 Å². The maximum Gasteiger partial charge on any atom is 0.254 e. The summed E-state index contributed by atoms with van der Waals surface area (Å²) in [6.45, 7) is 4.17. The first-order valence-corrected chi connectivity index (χ1v) is 9.86. The van der Waals surface area contributed by atoms with Gasteiger partial charge in [0.05, 0.1) is 17.6 Å². The van der Waals surface area contributed by atoms with Gasteiger partial charge in [-0.25, -0.2) is 13.1 Å². The Kier molecular flexibility index (Phi) is 6.81. The van der Waals surface area contributed by atoms with Crippen LogP contribution in [-0.2, 0) is 10.0 Å². The Balaban J connectivity index is 2.06. The normalized spacial score (nSPS) is 11.1. The van der Waals surface area contributed by atoms with Crippen molar-refractivity contribution in [1.82, 2.24) is 10.0 Å². The molecule has 146 valence electrons. The lowest BCUT2D eigenvalue weighted by Crippen LogP contribution is -2.29. The molecule has 0 saturated carbocycles. The Morgan fingerprint density at radius 3 is 2.48 bits per heavy atom. The molecular formula is C19H24N2O5S. The fourth-order valence-corrected chi connectivity index (χ4v) is 3.49. The number of carbonyl (C=O) groups excluding carboxylic acids is 1. The SMILES string of the molecule is CNC(=O)c1cc(S(=O)(=O)NCCOc2cc(C)ccc2C)ccc1OC. The second-order valence-corrected chi connectivity index (χ2v) is 7.72. The van der Waals surface area contributed by atoms with Crippen LogP contribution in [0, 0.1) is 13.8 Å². The highest BCUT2D eigenvalue weighted by atomic mass is 32.2. The van der Waals surface area contributed by atoms with Crippen molar-refractivity contribution in [2.45, 2.75) is 18.7 Å². The Labute approximate surface area is 159 Å². The Morgan fingerprint density at radius 1 is 1.07 bits per heavy atom. The molecule has 0 spiro atoms. The molecule has 2 N–H and O–H groups in total. The van der Waals surface area contributed by atoms with Crippen LogP contribution in [0.25, 0.3) is 0 Å². The van der Waals surface area contributed by atoms with E-state index >= 15 is 0 Å². The third-order valence-electron chi connectivity index (χ3n) is 3.95. The maximum absolute atomic E-state index is 12.5. The summed E-state index contributed by atoms with van der Waals surface area (Å²) in [5, 5.41) is 2.46. The predicted molar refractivity (Wildman–Crippen MR) is 103 cm³/mol. The summed E-state index contributed by atoms with van der Waals surface area (Å²) >= 11 is 0. The van der Waals surface area contributed by atoms with Crippen molar-refractivity contribution in [1.29, 1.82) is 0 Å². The number of hydrogen-bond donors (Lipinski definition) is 2. The van der Waals surface area contributed by atoms with E-state index in [0.717, 1.165) is 16.9 Å². The summed E-state index contributed by atoms with van der Waals surface area (Å²) < 4.78 is 38.2. The van der Waals surface area contributed by atoms with Crippen molar-refractivity contribution in [3.05, 3.63) is 53.1 Å². The van der Waals surface area contributed by atoms with Gasteiger partial charge in [-0.1, -0.05) is 12.1 Å². The number of aryl methyl sites for hydroxylation is 2. The fourth-order valence-electron chi connectivity index (χ4n) is 2.45. The number of hydrogen-bond acceptors (Lipinski definition) is 5. The van der Waals surface area contributed by atoms with Gasteiger partial charge in [-0.05, 0) is 49.2 Å². The van der Waals surface area contributed by atoms with Crippen molar-refractivity contribution < 1.29 is 22.7 Å². The highest BCUT2D eigenvalue weighted by molar-refractivity contribution is 7.89. The van der Waals surface area contributed by atoms with Crippen molar-refractivity contribution in [2.24, 2.45) is 0 Å². The molecule has 2 aromatic carbocycles. The van der Waals surface area contributed by atoms with Crippen molar-refractivity contribution in [3.8, 4) is 11.5 Å². The Morgan fingerprint density at radius 2 is 1.81 bits per heavy atom. The summed E-state index contributed by atoms with van der Waals surface area (Å²) in [4.78, 5) is 11.9. The highest BCUT2D eigenvalue weighted by Gasteiger charge is 2.19. The average molecular weight is 392 g/mol. The van der Waals surface area contributed by atoms with Crippen LogP contribution in [-0.4, -0.2) is 41.6 Å². The van der Waals surface area contributed by atoms with Gasteiger partial charge >= 0.3 is 0 Å². The van der Waals surface area contributed by atoms with Gasteiger partial charge in [0, 0.05) is 13.6 Å². The Hall–Kier alpha value is -2.58. The number of nitrogens with one attached hydrogen (secondary N) is 2. The van der Waals surface area contributed by atoms with Crippen LogP contribution in [0.15, 0.2) is 41.3 Å². The summed E-state index contributed by atoms with van der Waals surface area (Å²) in [5.74, 6) is 0.592. The van der Waals surface area contributed by atoms with Gasteiger partial charge < -0.3 is 14.8 Å². The fraction of sp³-hybridized carbons (Fsp3) is 0.316. The zero-order chi connectivity index (χ0) is 20.0. The van der Waals surface area contributed by atoms with Gasteiger partial charge in [-0.15, -0.1) is 0 Å². The molecule has 0 fully saturated rings. The molecule has 0 unspecified atom stereocenters. The van der Waals surface area contributed by atoms with E-state index in [-0.39, 0.29) is 23.6 Å². The van der Waals surface area contributed by atoms with Crippen LogP contribution in [0.1, 0.15) is 21.5 Å². The summed E-state index contributed by atoms with van der Waals surface area (Å²) in [7, 11) is -0.908. The van der Waals surface area contributed by atoms with Crippen LogP contribution in [0.3, 0.4) is 0 Å². The molecule has 2 rings (SSSR count). The molecule has 0 aliphatic heterocycles. The van der Waals surface area contributed by atoms with Crippen molar-refractivity contribution in [2.75, 3.05) is 27.3 Å². The smallest absolute Gasteiger partial charge is 0.254 e. The third kappa shape index (κ3) is 5.21. The number of benzene rings is 2. The van der Waals surface area contributed by atoms with Crippen molar-refractivity contribution >= 4 is 15.9 Å². The van der Waals surface area contributed by atoms with Gasteiger partial charge in [0.2, 0.25) is 10.0 Å². The topological polar surface area (TPSA) is 93.7 Å². The lowest BCUT2D eigenvalue weighted by molar-refractivity contribution is 0.0960. The van der Waals surface area contributed by atoms with E-state index in [9.17, 15) is 13.2 Å². The Bertz CT molecular complexity index is 926. The number of methoxy groups -OCH3 is 1. The molecule has 2 aromatic rings. The quantitative estimate of drug-likeness (QED) is 0.671. The van der Waals surface area contributed by atoms with E-state index in [2.05, 4.69) is 10.0 Å². The summed E-state index contributed by atoms with van der Waals surface area (Å²) in [6, 6.07) is 9.96. The third-order valence-corrected chi connectivity index (χ3v) is 5.41. The standard InChI is InChI=1S/C19H24N2O5S/c1-13-5-6-14(2)18(11-13)26-10-9-21-27(23,24)15-7-8-17(25-4)16(12-15)19(22)20-3/h5-8,11-12,21H,9-10H2,1-4H3,(H,20,22). The molecule has 0 aliphatic rings. The van der Waals surface area contributed by atoms with Gasteiger partial charge in [-0.3, -0.25) is 4.79 Å². The lowest BCUT2D eigenvalue weighted by atomic mass is 10.1. The van der Waals surface area contributed by atoms with Gasteiger partial charge in [0.15, 0.2) is 0 Å². The van der Waals surface area contributed by atoms with E-state index in [1.807, 2.05) is 32.0 Å². The highest BCUT2D eigenvalue weighted by Crippen LogP contribution is 2.22. The largest absolute Gasteiger partial charge is 0.496 e. The minimum atomic E-state index is -3.79. The van der Waals surface area contributed by atoms with Crippen LogP contribution in [0.2, 0.25) is 0 Å². The van der Waals surface area contributed by atoms with Crippen LogP contribution >= 0.6 is 0 Å². The molecule has 27 heavy (non-hydrogen) atoms. The number of sulfonamides is 1. The second kappa shape index (κ2) is 8.88. The molecule has 8 heteroatoms. The molecule has 7 nitrogen and oxygen atoms in total. The van der Waals surface area contributed by atoms with E-state index in [0.29, 0.717) is 5.75 Å². The lowest BCUT2D eigenvalue weighted by Gasteiger charge is -2.12. The van der Waals surface area contributed by atoms with Gasteiger partial charge in [-0.2, -0.15) is 0 Å². The molecule has 0 aromatic heterocycles. The number of amides is 1. The first kappa shape index (κ1) is 20.7. The van der Waals surface area contributed by atoms with E-state index in [1.54, 1.807) is 0 Å². The maximum atomic E-state index is 12.5. The molecule has 0 saturated heterocycles. The van der Waals surface area contributed by atoms with E-state index in [1.165, 1.54) is 32.4 Å². The summed E-state index contributed by atoms with van der Waals surface area (Å²) in [5.41, 5.74) is 2.19. The number of rotatable bonds is 8. The van der Waals surface area contributed by atoms with Crippen LogP contribution < -0.4 is 19.5 Å². The van der Waals surface area contributed by atoms with Crippen LogP contribution in [0.4, 0.5) is 0 Å². The van der Waals surface area contributed by atoms with Gasteiger partial charge in [0.25, 0.3) is 5.91 Å². The monoisotopic (exact) mass is 392 g/mol. The van der Waals surface area contributed by atoms with Gasteiger partial charge in [0.1, 0.15) is 18.1 Å². The second-order valence-electron chi connectivity index (χ2n) is 5.96. The molecule has 0 heterocycles. The first-order valence-electron chi connectivity index (χ1n) is 8.38. The van der Waals surface area contributed by atoms with E-state index < -0.39 is 15.9 Å². The predicted octanol–water partition coefficient (Wildman–Crippen LogP) is 2.03. The molecule has 0 atom stereocenters. The zero-order valence-corrected chi connectivity index (χ0v) is 16.6. The molecule has 1 amide bonds. The molecule has 0 bridgehead atoms.